The van der Waals surface area contributed by atoms with E-state index in [2.05, 4.69) is 172 Å². The van der Waals surface area contributed by atoms with Crippen LogP contribution in [0.1, 0.15) is 88.1 Å². The molecule has 0 aliphatic heterocycles. The molecule has 0 heterocycles. The van der Waals surface area contributed by atoms with Crippen LogP contribution in [0.2, 0.25) is 0 Å². The van der Waals surface area contributed by atoms with Crippen LogP contribution in [0.25, 0.3) is 43.8 Å². The molecule has 0 saturated heterocycles. The number of aryl methyl sites for hydroxylation is 2. The summed E-state index contributed by atoms with van der Waals surface area (Å²) in [7, 11) is 0. The fourth-order valence-corrected chi connectivity index (χ4v) is 5.88. The first-order chi connectivity index (χ1) is 20.9. The van der Waals surface area contributed by atoms with E-state index in [-0.39, 0.29) is 45.1 Å². The van der Waals surface area contributed by atoms with Crippen molar-refractivity contribution < 1.29 is 23.3 Å². The average molecular weight is 773 g/mol. The van der Waals surface area contributed by atoms with Crippen LogP contribution in [0.3, 0.4) is 0 Å². The van der Waals surface area contributed by atoms with Crippen molar-refractivity contribution in [1.82, 2.24) is 0 Å². The van der Waals surface area contributed by atoms with Crippen molar-refractivity contribution in [2.75, 3.05) is 0 Å². The van der Waals surface area contributed by atoms with Crippen LogP contribution in [0, 0.1) is 28.7 Å². The molecule has 0 atom stereocenters. The zero-order valence-corrected chi connectivity index (χ0v) is 35.9. The summed E-state index contributed by atoms with van der Waals surface area (Å²) in [6.45, 7) is 23.2. The number of benzene rings is 4. The SMILES string of the molecule is CC(C)c1ccc(-c2cccc3[cH-]c(C(C)C)cc23)cc1.Cc1cc2c(-c3ccc(C(C)(C)C)cc3)ccc(C)c2[cH-]1.Cl.Cl.[CH3-].[CH3-].[Si]=[Zr]. The first-order valence-electron chi connectivity index (χ1n) is 15.7. The minimum atomic E-state index is 0. The molecule has 6 rings (SSSR count). The van der Waals surface area contributed by atoms with Gasteiger partial charge in [-0.3, -0.25) is 0 Å². The molecular formula is C44H54Cl2SiZr-4. The number of hydrogen-bond donors (Lipinski definition) is 0. The molecular weight excluding hydrogens is 719 g/mol. The molecule has 0 nitrogen and oxygen atoms in total. The Balaban J connectivity index is 0.000000811. The van der Waals surface area contributed by atoms with E-state index in [4.69, 9.17) is 0 Å². The molecule has 0 saturated carbocycles. The van der Waals surface area contributed by atoms with Crippen molar-refractivity contribution in [1.29, 1.82) is 0 Å². The van der Waals surface area contributed by atoms with Gasteiger partial charge in [-0.15, -0.1) is 93.4 Å². The number of hydrogen-bond acceptors (Lipinski definition) is 0. The summed E-state index contributed by atoms with van der Waals surface area (Å²) < 4.78 is 0. The Kier molecular flexibility index (Phi) is 18.9. The summed E-state index contributed by atoms with van der Waals surface area (Å²) in [6.07, 6.45) is 0. The molecule has 2 radical (unpaired) electrons. The van der Waals surface area contributed by atoms with Gasteiger partial charge < -0.3 is 14.9 Å². The van der Waals surface area contributed by atoms with Crippen LogP contribution in [0.15, 0.2) is 103 Å². The topological polar surface area (TPSA) is 0 Å². The van der Waals surface area contributed by atoms with E-state index < -0.39 is 0 Å². The molecule has 256 valence electrons. The predicted molar refractivity (Wildman–Crippen MR) is 219 cm³/mol. The summed E-state index contributed by atoms with van der Waals surface area (Å²) in [4.78, 5) is 0. The van der Waals surface area contributed by atoms with Gasteiger partial charge in [0.2, 0.25) is 0 Å². The van der Waals surface area contributed by atoms with Crippen LogP contribution in [0.4, 0.5) is 0 Å². The maximum atomic E-state index is 3.06. The summed E-state index contributed by atoms with van der Waals surface area (Å²) in [5, 5.41) is 5.48. The van der Waals surface area contributed by atoms with Gasteiger partial charge in [0.25, 0.3) is 0 Å². The molecule has 48 heavy (non-hydrogen) atoms. The van der Waals surface area contributed by atoms with Crippen molar-refractivity contribution in [3.63, 3.8) is 0 Å². The van der Waals surface area contributed by atoms with Gasteiger partial charge in [-0.25, -0.2) is 0 Å². The summed E-state index contributed by atoms with van der Waals surface area (Å²) in [5.41, 5.74) is 12.4. The third-order valence-electron chi connectivity index (χ3n) is 8.64. The van der Waals surface area contributed by atoms with Gasteiger partial charge >= 0.3 is 30.2 Å². The molecule has 0 amide bonds. The van der Waals surface area contributed by atoms with E-state index in [1.807, 2.05) is 0 Å². The van der Waals surface area contributed by atoms with Crippen LogP contribution in [0.5, 0.6) is 0 Å². The van der Waals surface area contributed by atoms with Crippen LogP contribution >= 0.6 is 24.8 Å². The van der Waals surface area contributed by atoms with Gasteiger partial charge in [-0.2, -0.15) is 12.1 Å². The number of halogens is 2. The van der Waals surface area contributed by atoms with Crippen molar-refractivity contribution in [2.24, 2.45) is 0 Å². The van der Waals surface area contributed by atoms with Gasteiger partial charge in [0.15, 0.2) is 0 Å². The third kappa shape index (κ3) is 10.6. The summed E-state index contributed by atoms with van der Waals surface area (Å²) in [5.74, 6) is 1.16. The summed E-state index contributed by atoms with van der Waals surface area (Å²) >= 11 is 1.36. The van der Waals surface area contributed by atoms with Crippen molar-refractivity contribution in [3.05, 3.63) is 146 Å². The zero-order valence-electron chi connectivity index (χ0n) is 30.8. The molecule has 6 aromatic carbocycles. The quantitative estimate of drug-likeness (QED) is 0.124. The standard InChI is InChI=1S/2C21H23.2CH3.2ClH.Si.Zr/c1-14-12-19-15(2)6-11-18(20(19)13-14)16-7-9-17(10-8-16)21(3,4)5;1-14(2)16-8-10-17(11-9-16)20-7-5-6-18-12-19(15(3)4)13-21(18)20;;;;;;/h6-13H,1-5H3;5-15H,1-4H3;2*1H3;2*1H;;/q4*-1;;;;. The maximum absolute atomic E-state index is 3.06. The van der Waals surface area contributed by atoms with Gasteiger partial charge in [0, 0.05) is 0 Å². The van der Waals surface area contributed by atoms with Gasteiger partial charge in [-0.05, 0) is 39.5 Å². The molecule has 0 bridgehead atoms. The molecule has 0 fully saturated rings. The molecule has 0 aromatic heterocycles. The molecule has 0 aliphatic carbocycles. The summed E-state index contributed by atoms with van der Waals surface area (Å²) in [6, 6.07) is 38.4. The van der Waals surface area contributed by atoms with E-state index in [9.17, 15) is 0 Å². The monoisotopic (exact) mass is 770 g/mol. The Bertz CT molecular complexity index is 1830. The van der Waals surface area contributed by atoms with E-state index >= 15 is 0 Å². The normalized spacial score (nSPS) is 10.5. The Morgan fingerprint density at radius 3 is 1.69 bits per heavy atom. The van der Waals surface area contributed by atoms with Gasteiger partial charge in [0.05, 0.1) is 0 Å². The van der Waals surface area contributed by atoms with Gasteiger partial charge in [0.1, 0.15) is 0 Å². The average Bonchev–Trinajstić information content (AvgIpc) is 3.63. The van der Waals surface area contributed by atoms with Crippen molar-refractivity contribution in [3.8, 4) is 22.3 Å². The zero-order chi connectivity index (χ0) is 32.2. The molecule has 0 spiro atoms. The first kappa shape index (κ1) is 45.8. The number of rotatable bonds is 4. The Morgan fingerprint density at radius 1 is 0.625 bits per heavy atom. The van der Waals surface area contributed by atoms with Crippen molar-refractivity contribution in [2.45, 2.75) is 79.6 Å². The predicted octanol–water partition coefficient (Wildman–Crippen LogP) is 14.0. The minimum absolute atomic E-state index is 0. The van der Waals surface area contributed by atoms with E-state index in [1.54, 1.807) is 0 Å². The Hall–Kier alpha value is -2.22. The Labute approximate surface area is 321 Å². The van der Waals surface area contributed by atoms with Crippen LogP contribution in [-0.2, 0) is 28.8 Å². The molecule has 4 heteroatoms. The fraction of sp³-hybridized carbons (Fsp3) is 0.273. The molecule has 0 unspecified atom stereocenters. The molecule has 6 aromatic rings. The van der Waals surface area contributed by atoms with E-state index in [0.717, 1.165) is 0 Å². The second kappa shape index (κ2) is 19.8. The van der Waals surface area contributed by atoms with E-state index in [0.29, 0.717) is 11.8 Å². The molecule has 0 aliphatic rings. The van der Waals surface area contributed by atoms with Crippen LogP contribution < -0.4 is 0 Å². The fourth-order valence-electron chi connectivity index (χ4n) is 5.88. The third-order valence-corrected chi connectivity index (χ3v) is 8.64. The second-order valence-corrected chi connectivity index (χ2v) is 13.6. The second-order valence-electron chi connectivity index (χ2n) is 13.6. The first-order valence-corrected chi connectivity index (χ1v) is 19.9. The van der Waals surface area contributed by atoms with E-state index in [1.165, 1.54) is 95.0 Å². The van der Waals surface area contributed by atoms with Crippen LogP contribution in [-0.4, -0.2) is 6.88 Å². The van der Waals surface area contributed by atoms with Crippen molar-refractivity contribution >= 4 is 53.2 Å². The Morgan fingerprint density at radius 2 is 1.17 bits per heavy atom. The van der Waals surface area contributed by atoms with Gasteiger partial charge in [-0.1, -0.05) is 134 Å². The number of fused-ring (bicyclic) bond motifs is 2. The molecule has 0 N–H and O–H groups in total.